The van der Waals surface area contributed by atoms with Crippen LogP contribution in [0.5, 0.6) is 0 Å². The van der Waals surface area contributed by atoms with Gasteiger partial charge in [0.2, 0.25) is 0 Å². The van der Waals surface area contributed by atoms with Crippen LogP contribution in [0.4, 0.5) is 0 Å². The molecule has 0 unspecified atom stereocenters. The fraction of sp³-hybridized carbons (Fsp3) is 0.676. The van der Waals surface area contributed by atoms with Crippen LogP contribution in [0.25, 0.3) is 11.3 Å². The third kappa shape index (κ3) is 7.92. The van der Waals surface area contributed by atoms with Gasteiger partial charge >= 0.3 is 0 Å². The largest absolute Gasteiger partial charge is 0.414 e. The summed E-state index contributed by atoms with van der Waals surface area (Å²) < 4.78 is 28.4. The first-order chi connectivity index (χ1) is 19.0. The lowest BCUT2D eigenvalue weighted by Crippen LogP contribution is -2.54. The topological polar surface area (TPSA) is 49.8 Å². The van der Waals surface area contributed by atoms with Crippen molar-refractivity contribution in [3.8, 4) is 11.3 Å². The monoisotopic (exact) mass is 629 g/mol. The maximum Gasteiger partial charge on any atom is 0.192 e. The quantitative estimate of drug-likeness (QED) is 0.258. The van der Waals surface area contributed by atoms with Crippen LogP contribution in [0.15, 0.2) is 48.7 Å². The van der Waals surface area contributed by atoms with Crippen molar-refractivity contribution in [3.05, 3.63) is 54.2 Å². The van der Waals surface area contributed by atoms with Gasteiger partial charge in [-0.05, 0) is 60.5 Å². The molecular formula is C34H59NO4Si3. The highest BCUT2D eigenvalue weighted by atomic mass is 28.4. The van der Waals surface area contributed by atoms with Gasteiger partial charge in [0.1, 0.15) is 24.4 Å². The maximum atomic E-state index is 7.28. The second kappa shape index (κ2) is 12.3. The second-order valence-electron chi connectivity index (χ2n) is 16.7. The van der Waals surface area contributed by atoms with Crippen LogP contribution in [-0.4, -0.2) is 54.9 Å². The van der Waals surface area contributed by atoms with E-state index >= 15 is 0 Å². The average molecular weight is 630 g/mol. The summed E-state index contributed by atoms with van der Waals surface area (Å²) in [5.74, 6) is 0. The van der Waals surface area contributed by atoms with Gasteiger partial charge < -0.3 is 18.0 Å². The average Bonchev–Trinajstić information content (AvgIpc) is 3.17. The second-order valence-corrected chi connectivity index (χ2v) is 31.0. The van der Waals surface area contributed by atoms with Crippen LogP contribution in [0.3, 0.4) is 0 Å². The highest BCUT2D eigenvalue weighted by Crippen LogP contribution is 2.47. The molecule has 1 saturated heterocycles. The first-order valence-electron chi connectivity index (χ1n) is 15.6. The Labute approximate surface area is 260 Å². The van der Waals surface area contributed by atoms with Crippen molar-refractivity contribution in [2.45, 2.75) is 141 Å². The molecule has 8 heteroatoms. The number of hydrogen-bond donors (Lipinski definition) is 0. The molecule has 2 heterocycles. The zero-order chi connectivity index (χ0) is 31.9. The van der Waals surface area contributed by atoms with E-state index in [4.69, 9.17) is 23.0 Å². The number of hydrogen-bond acceptors (Lipinski definition) is 5. The van der Waals surface area contributed by atoms with Crippen molar-refractivity contribution < 1.29 is 18.0 Å². The molecule has 0 spiro atoms. The third-order valence-electron chi connectivity index (χ3n) is 10.4. The lowest BCUT2D eigenvalue weighted by Gasteiger charge is -2.44. The molecule has 0 aliphatic carbocycles. The maximum absolute atomic E-state index is 7.28. The van der Waals surface area contributed by atoms with Gasteiger partial charge in [0.15, 0.2) is 25.0 Å². The van der Waals surface area contributed by atoms with E-state index in [1.54, 1.807) is 0 Å². The molecular weight excluding hydrogens is 571 g/mol. The molecule has 1 aliphatic rings. The summed E-state index contributed by atoms with van der Waals surface area (Å²) in [4.78, 5) is 4.87. The number of nitrogens with zero attached hydrogens (tertiary/aromatic N) is 1. The molecule has 1 fully saturated rings. The molecule has 1 aromatic carbocycles. The van der Waals surface area contributed by atoms with Crippen molar-refractivity contribution >= 4 is 25.0 Å². The number of pyridine rings is 1. The minimum atomic E-state index is -2.19. The Bertz CT molecular complexity index is 1160. The Kier molecular flexibility index (Phi) is 10.4. The van der Waals surface area contributed by atoms with Crippen molar-refractivity contribution in [2.24, 2.45) is 0 Å². The van der Waals surface area contributed by atoms with Crippen LogP contribution in [0.1, 0.15) is 74.0 Å². The summed E-state index contributed by atoms with van der Waals surface area (Å²) in [6, 6.07) is 14.6. The fourth-order valence-electron chi connectivity index (χ4n) is 4.30. The minimum Gasteiger partial charge on any atom is -0.414 e. The van der Waals surface area contributed by atoms with Gasteiger partial charge in [-0.2, -0.15) is 0 Å². The zero-order valence-electron chi connectivity index (χ0n) is 29.2. The van der Waals surface area contributed by atoms with Crippen molar-refractivity contribution in [2.75, 3.05) is 6.61 Å². The minimum absolute atomic E-state index is 0.0458. The molecule has 0 bridgehead atoms. The van der Waals surface area contributed by atoms with E-state index in [1.165, 1.54) is 0 Å². The van der Waals surface area contributed by atoms with E-state index < -0.39 is 25.0 Å². The normalized spacial score (nSPS) is 22.9. The lowest BCUT2D eigenvalue weighted by molar-refractivity contribution is -0.0173. The van der Waals surface area contributed by atoms with Crippen LogP contribution >= 0.6 is 0 Å². The summed E-state index contributed by atoms with van der Waals surface area (Å²) in [5, 5.41) is 0.204. The van der Waals surface area contributed by atoms with Crippen molar-refractivity contribution in [1.29, 1.82) is 0 Å². The van der Waals surface area contributed by atoms with Gasteiger partial charge in [-0.3, -0.25) is 4.98 Å². The van der Waals surface area contributed by atoms with E-state index in [0.717, 1.165) is 16.8 Å². The molecule has 0 saturated carbocycles. The number of rotatable bonds is 9. The smallest absolute Gasteiger partial charge is 0.192 e. The van der Waals surface area contributed by atoms with E-state index in [1.807, 2.05) is 24.4 Å². The van der Waals surface area contributed by atoms with Crippen LogP contribution in [0.2, 0.25) is 54.4 Å². The molecule has 1 aliphatic heterocycles. The Morgan fingerprint density at radius 3 is 1.62 bits per heavy atom. The van der Waals surface area contributed by atoms with Gasteiger partial charge in [0.05, 0.1) is 12.3 Å². The highest BCUT2D eigenvalue weighted by molar-refractivity contribution is 6.75. The number of benzene rings is 1. The molecule has 42 heavy (non-hydrogen) atoms. The summed E-state index contributed by atoms with van der Waals surface area (Å²) in [6.07, 6.45) is 0.956. The predicted octanol–water partition coefficient (Wildman–Crippen LogP) is 9.99. The van der Waals surface area contributed by atoms with E-state index in [-0.39, 0.29) is 39.5 Å². The van der Waals surface area contributed by atoms with E-state index in [0.29, 0.717) is 6.61 Å². The van der Waals surface area contributed by atoms with Gasteiger partial charge in [-0.1, -0.05) is 98.7 Å². The summed E-state index contributed by atoms with van der Waals surface area (Å²) in [7, 11) is -6.37. The summed E-state index contributed by atoms with van der Waals surface area (Å²) >= 11 is 0. The fourth-order valence-corrected chi connectivity index (χ4v) is 7.92. The molecule has 236 valence electrons. The Hall–Kier alpha value is -1.14. The van der Waals surface area contributed by atoms with Gasteiger partial charge in [-0.15, -0.1) is 0 Å². The van der Waals surface area contributed by atoms with Crippen LogP contribution in [0, 0.1) is 0 Å². The molecule has 3 rings (SSSR count). The SMILES string of the molecule is CC(C)(C)[Si](C)(C)OC[C@H]1O[C@@H](c2ccc(-c3ccccc3)nc2)[C@H](O[Si](C)(C)C(C)(C)C)[C@@H]1O[Si](C)(C)C(C)(C)C. The van der Waals surface area contributed by atoms with Gasteiger partial charge in [-0.25, -0.2) is 0 Å². The first-order valence-corrected chi connectivity index (χ1v) is 24.4. The standard InChI is InChI=1S/C34H59NO4Si3/c1-32(2,3)40(10,11)36-24-28-30(38-41(12,13)33(4,5)6)31(39-42(14,15)34(7,8)9)29(37-28)26-21-22-27(35-23-26)25-19-17-16-18-20-25/h16-23,28-31H,24H2,1-15H3/t28-,29+,30-,31+/m1/s1. The van der Waals surface area contributed by atoms with Gasteiger partial charge in [0.25, 0.3) is 0 Å². The zero-order valence-corrected chi connectivity index (χ0v) is 32.2. The lowest BCUT2D eigenvalue weighted by atomic mass is 10.0. The van der Waals surface area contributed by atoms with Crippen LogP contribution < -0.4 is 0 Å². The van der Waals surface area contributed by atoms with E-state index in [2.05, 4.69) is 126 Å². The van der Waals surface area contributed by atoms with E-state index in [9.17, 15) is 0 Å². The van der Waals surface area contributed by atoms with Crippen LogP contribution in [-0.2, 0) is 18.0 Å². The van der Waals surface area contributed by atoms with Crippen molar-refractivity contribution in [3.63, 3.8) is 0 Å². The molecule has 2 aromatic rings. The first kappa shape index (κ1) is 35.3. The number of aromatic nitrogens is 1. The van der Waals surface area contributed by atoms with Crippen molar-refractivity contribution in [1.82, 2.24) is 4.98 Å². The predicted molar refractivity (Wildman–Crippen MR) is 185 cm³/mol. The Morgan fingerprint density at radius 1 is 0.667 bits per heavy atom. The molecule has 0 N–H and O–H groups in total. The Balaban J connectivity index is 2.08. The van der Waals surface area contributed by atoms with Gasteiger partial charge in [0, 0.05) is 17.3 Å². The highest BCUT2D eigenvalue weighted by Gasteiger charge is 2.54. The summed E-state index contributed by atoms with van der Waals surface area (Å²) in [6.45, 7) is 35.0. The molecule has 1 aromatic heterocycles. The molecule has 4 atom stereocenters. The summed E-state index contributed by atoms with van der Waals surface area (Å²) in [5.41, 5.74) is 3.08. The third-order valence-corrected chi connectivity index (χ3v) is 23.8. The molecule has 0 radical (unpaired) electrons. The Morgan fingerprint density at radius 2 is 1.17 bits per heavy atom. The number of ether oxygens (including phenoxy) is 1. The molecule has 0 amide bonds. The molecule has 5 nitrogen and oxygen atoms in total.